The third-order valence-corrected chi connectivity index (χ3v) is 6.60. The molecule has 0 aliphatic rings. The lowest BCUT2D eigenvalue weighted by atomic mass is 10.2. The molecular weight excluding hydrogens is 401 g/mol. The number of benzene rings is 3. The molecule has 3 aromatic rings. The Labute approximate surface area is 170 Å². The number of aryl methyl sites for hydroxylation is 2. The van der Waals surface area contributed by atoms with E-state index in [2.05, 4.69) is 0 Å². The van der Waals surface area contributed by atoms with Gasteiger partial charge in [-0.3, -0.25) is 4.31 Å². The maximum absolute atomic E-state index is 13.4. The van der Waals surface area contributed by atoms with Gasteiger partial charge in [-0.1, -0.05) is 59.1 Å². The predicted molar refractivity (Wildman–Crippen MR) is 112 cm³/mol. The van der Waals surface area contributed by atoms with Gasteiger partial charge in [-0.2, -0.15) is 0 Å². The highest BCUT2D eigenvalue weighted by atomic mass is 35.5. The SMILES string of the molecule is Cc1ccc(S(=O)(=O)N(Cc2ccc(Cl)cc2Cl)c2cccc(C)c2)cc1. The highest BCUT2D eigenvalue weighted by Crippen LogP contribution is 2.30. The molecule has 0 spiro atoms. The molecule has 0 heterocycles. The first-order chi connectivity index (χ1) is 12.8. The normalized spacial score (nSPS) is 11.4. The average molecular weight is 420 g/mol. The largest absolute Gasteiger partial charge is 0.264 e. The molecule has 0 bridgehead atoms. The Hall–Kier alpha value is -2.01. The summed E-state index contributed by atoms with van der Waals surface area (Å²) in [5.74, 6) is 0. The molecule has 3 rings (SSSR count). The molecule has 0 unspecified atom stereocenters. The Balaban J connectivity index is 2.11. The van der Waals surface area contributed by atoms with E-state index in [0.717, 1.165) is 11.1 Å². The van der Waals surface area contributed by atoms with Crippen LogP contribution in [-0.2, 0) is 16.6 Å². The van der Waals surface area contributed by atoms with Crippen molar-refractivity contribution in [1.82, 2.24) is 0 Å². The minimum Gasteiger partial charge on any atom is -0.262 e. The van der Waals surface area contributed by atoms with Crippen molar-refractivity contribution in [2.45, 2.75) is 25.3 Å². The highest BCUT2D eigenvalue weighted by Gasteiger charge is 2.26. The molecule has 3 nitrogen and oxygen atoms in total. The number of sulfonamides is 1. The van der Waals surface area contributed by atoms with Crippen LogP contribution in [0.4, 0.5) is 5.69 Å². The first kappa shape index (κ1) is 19.7. The summed E-state index contributed by atoms with van der Waals surface area (Å²) in [5, 5.41) is 0.937. The van der Waals surface area contributed by atoms with Crippen molar-refractivity contribution in [3.63, 3.8) is 0 Å². The fraction of sp³-hybridized carbons (Fsp3) is 0.143. The molecule has 0 fully saturated rings. The van der Waals surface area contributed by atoms with Crippen molar-refractivity contribution in [1.29, 1.82) is 0 Å². The van der Waals surface area contributed by atoms with E-state index < -0.39 is 10.0 Å². The van der Waals surface area contributed by atoms with Gasteiger partial charge < -0.3 is 0 Å². The smallest absolute Gasteiger partial charge is 0.262 e. The average Bonchev–Trinajstić information content (AvgIpc) is 2.61. The quantitative estimate of drug-likeness (QED) is 0.507. The Kier molecular flexibility index (Phi) is 5.80. The molecular formula is C21H19Cl2NO2S. The van der Waals surface area contributed by atoms with E-state index in [9.17, 15) is 8.42 Å². The standard InChI is InChI=1S/C21H19Cl2NO2S/c1-15-6-10-20(11-7-15)27(25,26)24(19-5-3-4-16(2)12-19)14-17-8-9-18(22)13-21(17)23/h3-13H,14H2,1-2H3. The lowest BCUT2D eigenvalue weighted by molar-refractivity contribution is 0.590. The minimum atomic E-state index is -3.77. The lowest BCUT2D eigenvalue weighted by Gasteiger charge is -2.25. The molecule has 27 heavy (non-hydrogen) atoms. The predicted octanol–water partition coefficient (Wildman–Crippen LogP) is 6.01. The molecule has 0 atom stereocenters. The van der Waals surface area contributed by atoms with Crippen LogP contribution in [0.25, 0.3) is 0 Å². The van der Waals surface area contributed by atoms with Crippen molar-refractivity contribution >= 4 is 38.9 Å². The van der Waals surface area contributed by atoms with Gasteiger partial charge in [-0.05, 0) is 61.4 Å². The number of anilines is 1. The summed E-state index contributed by atoms with van der Waals surface area (Å²) in [5.41, 5.74) is 3.23. The van der Waals surface area contributed by atoms with Crippen molar-refractivity contribution in [2.75, 3.05) is 4.31 Å². The second-order valence-corrected chi connectivity index (χ2v) is 9.11. The van der Waals surface area contributed by atoms with Gasteiger partial charge >= 0.3 is 0 Å². The third-order valence-electron chi connectivity index (χ3n) is 4.23. The van der Waals surface area contributed by atoms with E-state index >= 15 is 0 Å². The molecule has 0 amide bonds. The third kappa shape index (κ3) is 4.46. The van der Waals surface area contributed by atoms with Gasteiger partial charge in [-0.25, -0.2) is 8.42 Å². The van der Waals surface area contributed by atoms with Crippen molar-refractivity contribution < 1.29 is 8.42 Å². The second-order valence-electron chi connectivity index (χ2n) is 6.40. The van der Waals surface area contributed by atoms with E-state index in [0.29, 0.717) is 21.3 Å². The van der Waals surface area contributed by atoms with Gasteiger partial charge in [0.25, 0.3) is 10.0 Å². The van der Waals surface area contributed by atoms with Gasteiger partial charge in [-0.15, -0.1) is 0 Å². The Morgan fingerprint density at radius 2 is 1.56 bits per heavy atom. The number of halogens is 2. The van der Waals surface area contributed by atoms with E-state index in [4.69, 9.17) is 23.2 Å². The van der Waals surface area contributed by atoms with Crippen molar-refractivity contribution in [2.24, 2.45) is 0 Å². The molecule has 0 aromatic heterocycles. The lowest BCUT2D eigenvalue weighted by Crippen LogP contribution is -2.30. The van der Waals surface area contributed by atoms with Crippen LogP contribution in [0.1, 0.15) is 16.7 Å². The Bertz CT molecular complexity index is 1060. The summed E-state index contributed by atoms with van der Waals surface area (Å²) in [6.07, 6.45) is 0. The van der Waals surface area contributed by atoms with Crippen LogP contribution in [0.5, 0.6) is 0 Å². The first-order valence-corrected chi connectivity index (χ1v) is 10.6. The zero-order valence-corrected chi connectivity index (χ0v) is 17.3. The molecule has 6 heteroatoms. The number of nitrogens with zero attached hydrogens (tertiary/aromatic N) is 1. The summed E-state index contributed by atoms with van der Waals surface area (Å²) >= 11 is 12.3. The van der Waals surface area contributed by atoms with Gasteiger partial charge in [0.2, 0.25) is 0 Å². The fourth-order valence-electron chi connectivity index (χ4n) is 2.74. The zero-order valence-electron chi connectivity index (χ0n) is 15.0. The number of rotatable bonds is 5. The van der Waals surface area contributed by atoms with Crippen LogP contribution in [0.2, 0.25) is 10.0 Å². The Morgan fingerprint density at radius 1 is 0.852 bits per heavy atom. The highest BCUT2D eigenvalue weighted by molar-refractivity contribution is 7.92. The first-order valence-electron chi connectivity index (χ1n) is 8.37. The molecule has 140 valence electrons. The van der Waals surface area contributed by atoms with E-state index in [-0.39, 0.29) is 11.4 Å². The van der Waals surface area contributed by atoms with Crippen LogP contribution in [0.3, 0.4) is 0 Å². The van der Waals surface area contributed by atoms with Gasteiger partial charge in [0.05, 0.1) is 17.1 Å². The van der Waals surface area contributed by atoms with E-state index in [1.165, 1.54) is 4.31 Å². The van der Waals surface area contributed by atoms with E-state index in [1.54, 1.807) is 48.5 Å². The molecule has 0 aliphatic carbocycles. The van der Waals surface area contributed by atoms with Crippen LogP contribution in [0, 0.1) is 13.8 Å². The molecule has 0 N–H and O–H groups in total. The molecule has 0 aliphatic heterocycles. The van der Waals surface area contributed by atoms with Crippen LogP contribution < -0.4 is 4.31 Å². The van der Waals surface area contributed by atoms with Crippen LogP contribution in [0.15, 0.2) is 71.6 Å². The number of hydrogen-bond donors (Lipinski definition) is 0. The van der Waals surface area contributed by atoms with Crippen LogP contribution in [-0.4, -0.2) is 8.42 Å². The van der Waals surface area contributed by atoms with Crippen molar-refractivity contribution in [3.05, 3.63) is 93.5 Å². The summed E-state index contributed by atoms with van der Waals surface area (Å²) in [6, 6.07) is 19.3. The van der Waals surface area contributed by atoms with Gasteiger partial charge in [0.15, 0.2) is 0 Å². The maximum atomic E-state index is 13.4. The van der Waals surface area contributed by atoms with Gasteiger partial charge in [0, 0.05) is 10.0 Å². The topological polar surface area (TPSA) is 37.4 Å². The summed E-state index contributed by atoms with van der Waals surface area (Å²) in [6.45, 7) is 3.95. The number of hydrogen-bond acceptors (Lipinski definition) is 2. The summed E-state index contributed by atoms with van der Waals surface area (Å²) in [4.78, 5) is 0.236. The fourth-order valence-corrected chi connectivity index (χ4v) is 4.64. The van der Waals surface area contributed by atoms with Crippen molar-refractivity contribution in [3.8, 4) is 0 Å². The van der Waals surface area contributed by atoms with E-state index in [1.807, 2.05) is 32.0 Å². The van der Waals surface area contributed by atoms with Crippen LogP contribution >= 0.6 is 23.2 Å². The summed E-state index contributed by atoms with van der Waals surface area (Å²) in [7, 11) is -3.77. The maximum Gasteiger partial charge on any atom is 0.264 e. The zero-order chi connectivity index (χ0) is 19.6. The Morgan fingerprint density at radius 3 is 2.19 bits per heavy atom. The monoisotopic (exact) mass is 419 g/mol. The minimum absolute atomic E-state index is 0.107. The molecule has 0 saturated carbocycles. The summed E-state index contributed by atoms with van der Waals surface area (Å²) < 4.78 is 28.2. The molecule has 0 saturated heterocycles. The van der Waals surface area contributed by atoms with Gasteiger partial charge in [0.1, 0.15) is 0 Å². The molecule has 3 aromatic carbocycles. The molecule has 0 radical (unpaired) electrons. The second kappa shape index (κ2) is 7.93.